The third-order valence-corrected chi connectivity index (χ3v) is 3.61. The summed E-state index contributed by atoms with van der Waals surface area (Å²) in [5.41, 5.74) is 1.22. The summed E-state index contributed by atoms with van der Waals surface area (Å²) < 4.78 is 12.9. The van der Waals surface area contributed by atoms with Gasteiger partial charge in [0.1, 0.15) is 0 Å². The molecule has 0 saturated heterocycles. The van der Waals surface area contributed by atoms with Gasteiger partial charge in [0.25, 0.3) is 0 Å². The SMILES string of the molecule is CCOC(=O)CCn1c(=O)n(CCC(=O)OCC)c2ccccc21. The zero-order valence-corrected chi connectivity index (χ0v) is 14.0. The Hall–Kier alpha value is -2.57. The number of carbonyl (C=O) groups excluding carboxylic acids is 2. The van der Waals surface area contributed by atoms with Crippen LogP contribution in [0.25, 0.3) is 11.0 Å². The number of carbonyl (C=O) groups is 2. The monoisotopic (exact) mass is 334 g/mol. The summed E-state index contributed by atoms with van der Waals surface area (Å²) in [5, 5.41) is 0. The van der Waals surface area contributed by atoms with E-state index in [1.165, 1.54) is 9.13 Å². The lowest BCUT2D eigenvalue weighted by Crippen LogP contribution is -2.26. The molecule has 0 atom stereocenters. The number of aryl methyl sites for hydroxylation is 2. The zero-order valence-electron chi connectivity index (χ0n) is 14.0. The van der Waals surface area contributed by atoms with Crippen LogP contribution < -0.4 is 5.69 Å². The first-order valence-corrected chi connectivity index (χ1v) is 8.07. The molecule has 2 rings (SSSR count). The number of para-hydroxylation sites is 2. The Morgan fingerprint density at radius 2 is 1.29 bits per heavy atom. The van der Waals surface area contributed by atoms with Crippen LogP contribution in [0.3, 0.4) is 0 Å². The molecule has 24 heavy (non-hydrogen) atoms. The quantitative estimate of drug-likeness (QED) is 0.687. The van der Waals surface area contributed by atoms with Gasteiger partial charge in [-0.1, -0.05) is 12.1 Å². The normalized spacial score (nSPS) is 10.8. The van der Waals surface area contributed by atoms with Gasteiger partial charge in [-0.15, -0.1) is 0 Å². The first-order chi connectivity index (χ1) is 11.6. The minimum atomic E-state index is -0.340. The molecule has 0 bridgehead atoms. The van der Waals surface area contributed by atoms with Crippen molar-refractivity contribution in [3.05, 3.63) is 34.7 Å². The number of ether oxygens (including phenoxy) is 2. The Labute approximate surface area is 139 Å². The van der Waals surface area contributed by atoms with Crippen LogP contribution >= 0.6 is 0 Å². The maximum atomic E-state index is 12.7. The molecule has 0 N–H and O–H groups in total. The van der Waals surface area contributed by atoms with Crippen LogP contribution in [0, 0.1) is 0 Å². The maximum absolute atomic E-state index is 12.7. The average Bonchev–Trinajstić information content (AvgIpc) is 2.83. The number of hydrogen-bond donors (Lipinski definition) is 0. The van der Waals surface area contributed by atoms with E-state index in [9.17, 15) is 14.4 Å². The number of nitrogens with zero attached hydrogens (tertiary/aromatic N) is 2. The molecule has 130 valence electrons. The van der Waals surface area contributed by atoms with Crippen LogP contribution in [-0.2, 0) is 32.2 Å². The summed E-state index contributed by atoms with van der Waals surface area (Å²) in [6.45, 7) is 4.59. The van der Waals surface area contributed by atoms with E-state index in [-0.39, 0.29) is 43.6 Å². The number of aromatic nitrogens is 2. The van der Waals surface area contributed by atoms with Crippen molar-refractivity contribution in [3.8, 4) is 0 Å². The second-order valence-corrected chi connectivity index (χ2v) is 5.18. The average molecular weight is 334 g/mol. The van der Waals surface area contributed by atoms with E-state index in [4.69, 9.17) is 9.47 Å². The lowest BCUT2D eigenvalue weighted by Gasteiger charge is -2.04. The third kappa shape index (κ3) is 4.04. The second kappa shape index (κ2) is 8.33. The van der Waals surface area contributed by atoms with Crippen LogP contribution in [0.5, 0.6) is 0 Å². The van der Waals surface area contributed by atoms with Crippen molar-refractivity contribution in [2.24, 2.45) is 0 Å². The zero-order chi connectivity index (χ0) is 17.5. The molecule has 0 saturated carbocycles. The predicted molar refractivity (Wildman–Crippen MR) is 88.7 cm³/mol. The summed E-state index contributed by atoms with van der Waals surface area (Å²) in [5.74, 6) is -0.680. The highest BCUT2D eigenvalue weighted by molar-refractivity contribution is 5.77. The van der Waals surface area contributed by atoms with Crippen LogP contribution in [-0.4, -0.2) is 34.3 Å². The van der Waals surface area contributed by atoms with E-state index in [0.717, 1.165) is 11.0 Å². The number of benzene rings is 1. The van der Waals surface area contributed by atoms with Crippen molar-refractivity contribution in [2.45, 2.75) is 39.8 Å². The molecule has 7 nitrogen and oxygen atoms in total. The molecule has 0 aliphatic heterocycles. The Balaban J connectivity index is 2.25. The van der Waals surface area contributed by atoms with Gasteiger partial charge in [-0.05, 0) is 26.0 Å². The lowest BCUT2D eigenvalue weighted by atomic mass is 10.3. The van der Waals surface area contributed by atoms with Crippen LogP contribution in [0.2, 0.25) is 0 Å². The molecular formula is C17H22N2O5. The van der Waals surface area contributed by atoms with Crippen LogP contribution in [0.4, 0.5) is 0 Å². The van der Waals surface area contributed by atoms with E-state index >= 15 is 0 Å². The van der Waals surface area contributed by atoms with Gasteiger partial charge in [0.2, 0.25) is 0 Å². The fraction of sp³-hybridized carbons (Fsp3) is 0.471. The number of esters is 2. The molecule has 0 radical (unpaired) electrons. The van der Waals surface area contributed by atoms with Gasteiger partial charge in [0.15, 0.2) is 0 Å². The minimum Gasteiger partial charge on any atom is -0.466 e. The van der Waals surface area contributed by atoms with Crippen molar-refractivity contribution >= 4 is 23.0 Å². The molecule has 7 heteroatoms. The molecule has 0 spiro atoms. The Morgan fingerprint density at radius 1 is 0.875 bits per heavy atom. The Bertz CT molecular complexity index is 713. The fourth-order valence-corrected chi connectivity index (χ4v) is 2.58. The van der Waals surface area contributed by atoms with Crippen LogP contribution in [0.1, 0.15) is 26.7 Å². The van der Waals surface area contributed by atoms with Gasteiger partial charge in [0.05, 0.1) is 37.1 Å². The van der Waals surface area contributed by atoms with Crippen molar-refractivity contribution in [1.82, 2.24) is 9.13 Å². The molecule has 0 aliphatic carbocycles. The smallest absolute Gasteiger partial charge is 0.329 e. The van der Waals surface area contributed by atoms with Gasteiger partial charge >= 0.3 is 17.6 Å². The van der Waals surface area contributed by atoms with Gasteiger partial charge in [0, 0.05) is 13.1 Å². The molecule has 0 aliphatic rings. The van der Waals surface area contributed by atoms with Gasteiger partial charge in [-0.3, -0.25) is 18.7 Å². The number of rotatable bonds is 8. The first-order valence-electron chi connectivity index (χ1n) is 8.07. The predicted octanol–water partition coefficient (Wildman–Crippen LogP) is 1.71. The summed E-state index contributed by atoms with van der Waals surface area (Å²) in [6.07, 6.45) is 0.249. The highest BCUT2D eigenvalue weighted by Gasteiger charge is 2.15. The van der Waals surface area contributed by atoms with E-state index in [1.807, 2.05) is 24.3 Å². The third-order valence-electron chi connectivity index (χ3n) is 3.61. The largest absolute Gasteiger partial charge is 0.466 e. The van der Waals surface area contributed by atoms with Crippen LogP contribution in [0.15, 0.2) is 29.1 Å². The number of hydrogen-bond acceptors (Lipinski definition) is 5. The topological polar surface area (TPSA) is 79.5 Å². The van der Waals surface area contributed by atoms with E-state index in [2.05, 4.69) is 0 Å². The highest BCUT2D eigenvalue weighted by Crippen LogP contribution is 2.14. The van der Waals surface area contributed by atoms with E-state index in [1.54, 1.807) is 13.8 Å². The summed E-state index contributed by atoms with van der Waals surface area (Å²) in [4.78, 5) is 35.8. The first kappa shape index (κ1) is 17.8. The lowest BCUT2D eigenvalue weighted by molar-refractivity contribution is -0.144. The van der Waals surface area contributed by atoms with Crippen molar-refractivity contribution in [3.63, 3.8) is 0 Å². The van der Waals surface area contributed by atoms with Gasteiger partial charge in [-0.2, -0.15) is 0 Å². The van der Waals surface area contributed by atoms with Crippen molar-refractivity contribution in [2.75, 3.05) is 13.2 Å². The molecule has 0 amide bonds. The van der Waals surface area contributed by atoms with Crippen molar-refractivity contribution in [1.29, 1.82) is 0 Å². The standard InChI is InChI=1S/C17H22N2O5/c1-3-23-15(20)9-11-18-13-7-5-6-8-14(13)19(17(18)22)12-10-16(21)24-4-2/h5-8H,3-4,9-12H2,1-2H3. The molecule has 1 aromatic carbocycles. The Morgan fingerprint density at radius 3 is 1.67 bits per heavy atom. The van der Waals surface area contributed by atoms with Gasteiger partial charge < -0.3 is 9.47 Å². The van der Waals surface area contributed by atoms with E-state index < -0.39 is 0 Å². The summed E-state index contributed by atoms with van der Waals surface area (Å²) >= 11 is 0. The Kier molecular flexibility index (Phi) is 6.17. The molecule has 2 aromatic rings. The number of imidazole rings is 1. The van der Waals surface area contributed by atoms with E-state index in [0.29, 0.717) is 13.2 Å². The minimum absolute atomic E-state index is 0.125. The summed E-state index contributed by atoms with van der Waals surface area (Å²) in [6, 6.07) is 7.31. The van der Waals surface area contributed by atoms with Crippen molar-refractivity contribution < 1.29 is 19.1 Å². The number of fused-ring (bicyclic) bond motifs is 1. The summed E-state index contributed by atoms with van der Waals surface area (Å²) in [7, 11) is 0. The molecule has 0 fully saturated rings. The maximum Gasteiger partial charge on any atom is 0.329 e. The molecule has 1 aromatic heterocycles. The fourth-order valence-electron chi connectivity index (χ4n) is 2.58. The van der Waals surface area contributed by atoms with Gasteiger partial charge in [-0.25, -0.2) is 4.79 Å². The highest BCUT2D eigenvalue weighted by atomic mass is 16.5. The molecule has 1 heterocycles. The molecule has 0 unspecified atom stereocenters. The molecular weight excluding hydrogens is 312 g/mol. The second-order valence-electron chi connectivity index (χ2n) is 5.18.